The highest BCUT2D eigenvalue weighted by Crippen LogP contribution is 2.25. The molecular weight excluding hydrogens is 289 g/mol. The second-order valence-corrected chi connectivity index (χ2v) is 4.91. The van der Waals surface area contributed by atoms with Crippen LogP contribution in [0.1, 0.15) is 15.4 Å². The van der Waals surface area contributed by atoms with Gasteiger partial charge in [0.25, 0.3) is 11.6 Å². The van der Waals surface area contributed by atoms with Crippen molar-refractivity contribution >= 4 is 33.8 Å². The van der Waals surface area contributed by atoms with E-state index in [2.05, 4.69) is 15.5 Å². The van der Waals surface area contributed by atoms with E-state index in [1.165, 1.54) is 0 Å². The number of carbonyl (C=O) groups excluding carboxylic acids is 1. The number of benzene rings is 1. The van der Waals surface area contributed by atoms with Crippen LogP contribution in [0.15, 0.2) is 12.1 Å². The molecule has 0 saturated carbocycles. The van der Waals surface area contributed by atoms with Crippen LogP contribution in [-0.2, 0) is 0 Å². The van der Waals surface area contributed by atoms with Crippen LogP contribution in [0.25, 0.3) is 0 Å². The van der Waals surface area contributed by atoms with Crippen LogP contribution in [0, 0.1) is 22.9 Å². The van der Waals surface area contributed by atoms with Crippen molar-refractivity contribution in [3.8, 4) is 0 Å². The van der Waals surface area contributed by atoms with Gasteiger partial charge in [0.05, 0.1) is 16.7 Å². The van der Waals surface area contributed by atoms with Gasteiger partial charge in [0.15, 0.2) is 5.82 Å². The van der Waals surface area contributed by atoms with Crippen LogP contribution < -0.4 is 11.1 Å². The SMILES string of the molecule is Cc1nnc(NC(=O)c2cc(N)c(F)cc2[N+](=O)[O-])s1. The van der Waals surface area contributed by atoms with Gasteiger partial charge in [0.2, 0.25) is 5.13 Å². The number of halogens is 1. The molecule has 104 valence electrons. The van der Waals surface area contributed by atoms with Crippen LogP contribution in [-0.4, -0.2) is 21.0 Å². The van der Waals surface area contributed by atoms with Gasteiger partial charge in [0.1, 0.15) is 10.6 Å². The molecule has 3 N–H and O–H groups in total. The number of nitrogen functional groups attached to an aromatic ring is 1. The van der Waals surface area contributed by atoms with Crippen molar-refractivity contribution in [1.82, 2.24) is 10.2 Å². The molecule has 10 heteroatoms. The molecule has 1 amide bonds. The third-order valence-corrected chi connectivity index (χ3v) is 3.06. The number of hydrogen-bond acceptors (Lipinski definition) is 7. The molecule has 0 radical (unpaired) electrons. The number of hydrogen-bond donors (Lipinski definition) is 2. The number of amides is 1. The molecule has 0 aliphatic rings. The molecule has 0 aliphatic carbocycles. The number of nitrogens with two attached hydrogens (primary N) is 1. The van der Waals surface area contributed by atoms with Gasteiger partial charge in [-0.25, -0.2) is 4.39 Å². The zero-order valence-corrected chi connectivity index (χ0v) is 10.9. The summed E-state index contributed by atoms with van der Waals surface area (Å²) < 4.78 is 13.2. The Morgan fingerprint density at radius 3 is 2.75 bits per heavy atom. The fourth-order valence-corrected chi connectivity index (χ4v) is 2.01. The highest BCUT2D eigenvalue weighted by Gasteiger charge is 2.23. The van der Waals surface area contributed by atoms with Gasteiger partial charge in [-0.1, -0.05) is 11.3 Å². The minimum absolute atomic E-state index is 0.185. The maximum Gasteiger partial charge on any atom is 0.285 e. The van der Waals surface area contributed by atoms with Gasteiger partial charge in [-0.3, -0.25) is 20.2 Å². The van der Waals surface area contributed by atoms with E-state index in [9.17, 15) is 19.3 Å². The third-order valence-electron chi connectivity index (χ3n) is 2.30. The molecule has 8 nitrogen and oxygen atoms in total. The topological polar surface area (TPSA) is 124 Å². The lowest BCUT2D eigenvalue weighted by atomic mass is 10.1. The first-order valence-electron chi connectivity index (χ1n) is 5.23. The van der Waals surface area contributed by atoms with Crippen LogP contribution in [0.4, 0.5) is 20.9 Å². The van der Waals surface area contributed by atoms with E-state index < -0.39 is 22.3 Å². The summed E-state index contributed by atoms with van der Waals surface area (Å²) in [5.41, 5.74) is 3.95. The predicted molar refractivity (Wildman–Crippen MR) is 70.1 cm³/mol. The Labute approximate surface area is 115 Å². The largest absolute Gasteiger partial charge is 0.396 e. The van der Waals surface area contributed by atoms with E-state index >= 15 is 0 Å². The van der Waals surface area contributed by atoms with E-state index in [1.54, 1.807) is 6.92 Å². The number of anilines is 2. The van der Waals surface area contributed by atoms with E-state index in [4.69, 9.17) is 5.73 Å². The number of carbonyl (C=O) groups is 1. The van der Waals surface area contributed by atoms with Gasteiger partial charge in [-0.2, -0.15) is 0 Å². The lowest BCUT2D eigenvalue weighted by molar-refractivity contribution is -0.385. The molecular formula is C10H8FN5O3S. The average Bonchev–Trinajstić information content (AvgIpc) is 2.77. The van der Waals surface area contributed by atoms with E-state index in [-0.39, 0.29) is 16.4 Å². The van der Waals surface area contributed by atoms with Crippen LogP contribution >= 0.6 is 11.3 Å². The van der Waals surface area contributed by atoms with Crippen LogP contribution in [0.2, 0.25) is 0 Å². The Hall–Kier alpha value is -2.62. The Balaban J connectivity index is 2.38. The van der Waals surface area contributed by atoms with Gasteiger partial charge < -0.3 is 5.73 Å². The van der Waals surface area contributed by atoms with Crippen molar-refractivity contribution in [1.29, 1.82) is 0 Å². The average molecular weight is 297 g/mol. The first-order valence-corrected chi connectivity index (χ1v) is 6.05. The summed E-state index contributed by atoms with van der Waals surface area (Å²) in [6.45, 7) is 1.69. The standard InChI is InChI=1S/C10H8FN5O3S/c1-4-14-15-10(20-4)13-9(17)5-2-7(12)6(11)3-8(5)16(18)19/h2-3H,12H2,1H3,(H,13,15,17). The quantitative estimate of drug-likeness (QED) is 0.505. The summed E-state index contributed by atoms with van der Waals surface area (Å²) in [6.07, 6.45) is 0. The van der Waals surface area contributed by atoms with Crippen molar-refractivity contribution < 1.29 is 14.1 Å². The van der Waals surface area contributed by atoms with E-state index in [0.717, 1.165) is 17.4 Å². The molecule has 0 bridgehead atoms. The van der Waals surface area contributed by atoms with Gasteiger partial charge in [0, 0.05) is 0 Å². The highest BCUT2D eigenvalue weighted by molar-refractivity contribution is 7.15. The maximum atomic E-state index is 13.2. The number of nitro groups is 1. The second kappa shape index (κ2) is 5.17. The fourth-order valence-electron chi connectivity index (χ4n) is 1.42. The number of rotatable bonds is 3. The smallest absolute Gasteiger partial charge is 0.285 e. The van der Waals surface area contributed by atoms with Crippen LogP contribution in [0.5, 0.6) is 0 Å². The summed E-state index contributed by atoms with van der Waals surface area (Å²) in [4.78, 5) is 21.9. The van der Waals surface area contributed by atoms with Gasteiger partial charge >= 0.3 is 0 Å². The molecule has 2 aromatic rings. The molecule has 1 aromatic heterocycles. The molecule has 2 rings (SSSR count). The minimum Gasteiger partial charge on any atom is -0.396 e. The second-order valence-electron chi connectivity index (χ2n) is 3.73. The molecule has 0 aliphatic heterocycles. The number of aryl methyl sites for hydroxylation is 1. The molecule has 0 atom stereocenters. The van der Waals surface area contributed by atoms with Crippen molar-refractivity contribution in [2.24, 2.45) is 0 Å². The Kier molecular flexibility index (Phi) is 3.57. The molecule has 0 fully saturated rings. The molecule has 0 unspecified atom stereocenters. The zero-order chi connectivity index (χ0) is 14.9. The van der Waals surface area contributed by atoms with E-state index in [0.29, 0.717) is 11.1 Å². The summed E-state index contributed by atoms with van der Waals surface area (Å²) in [7, 11) is 0. The normalized spacial score (nSPS) is 10.3. The van der Waals surface area contributed by atoms with Crippen molar-refractivity contribution in [3.63, 3.8) is 0 Å². The Morgan fingerprint density at radius 1 is 1.50 bits per heavy atom. The van der Waals surface area contributed by atoms with Gasteiger partial charge in [-0.05, 0) is 13.0 Å². The van der Waals surface area contributed by atoms with Crippen LogP contribution in [0.3, 0.4) is 0 Å². The molecule has 0 saturated heterocycles. The third kappa shape index (κ3) is 2.69. The minimum atomic E-state index is -0.958. The molecule has 0 spiro atoms. The predicted octanol–water partition coefficient (Wildman–Crippen LogP) is 1.73. The van der Waals surface area contributed by atoms with Crippen molar-refractivity contribution in [3.05, 3.63) is 38.6 Å². The summed E-state index contributed by atoms with van der Waals surface area (Å²) in [5, 5.41) is 21.3. The maximum absolute atomic E-state index is 13.2. The summed E-state index contributed by atoms with van der Waals surface area (Å²) in [5.74, 6) is -1.76. The number of nitrogens with zero attached hydrogens (tertiary/aromatic N) is 3. The summed E-state index contributed by atoms with van der Waals surface area (Å²) >= 11 is 1.10. The fraction of sp³-hybridized carbons (Fsp3) is 0.100. The lowest BCUT2D eigenvalue weighted by Crippen LogP contribution is -2.15. The Bertz CT molecular complexity index is 702. The molecule has 1 aromatic carbocycles. The highest BCUT2D eigenvalue weighted by atomic mass is 32.1. The summed E-state index contributed by atoms with van der Waals surface area (Å²) in [6, 6.07) is 1.52. The first-order chi connectivity index (χ1) is 9.38. The van der Waals surface area contributed by atoms with Crippen molar-refractivity contribution in [2.45, 2.75) is 6.92 Å². The molecule has 20 heavy (non-hydrogen) atoms. The molecule has 1 heterocycles. The lowest BCUT2D eigenvalue weighted by Gasteiger charge is -2.04. The zero-order valence-electron chi connectivity index (χ0n) is 10.1. The van der Waals surface area contributed by atoms with Gasteiger partial charge in [-0.15, -0.1) is 10.2 Å². The van der Waals surface area contributed by atoms with Crippen molar-refractivity contribution in [2.75, 3.05) is 11.1 Å². The monoisotopic (exact) mass is 297 g/mol. The number of nitro benzene ring substituents is 1. The first kappa shape index (κ1) is 13.8. The number of nitrogens with one attached hydrogen (secondary N) is 1. The Morgan fingerprint density at radius 2 is 2.20 bits per heavy atom. The number of aromatic nitrogens is 2. The van der Waals surface area contributed by atoms with E-state index in [1.807, 2.05) is 0 Å².